The summed E-state index contributed by atoms with van der Waals surface area (Å²) in [5.41, 5.74) is 0.239. The summed E-state index contributed by atoms with van der Waals surface area (Å²) in [5.74, 6) is -1.38. The molecular formula is C14H17NO5. The lowest BCUT2D eigenvalue weighted by Crippen LogP contribution is -2.34. The maximum Gasteiger partial charge on any atom is 0.306 e. The highest BCUT2D eigenvalue weighted by molar-refractivity contribution is 6.06. The summed E-state index contributed by atoms with van der Waals surface area (Å²) >= 11 is 0. The zero-order valence-electron chi connectivity index (χ0n) is 11.5. The molecular weight excluding hydrogens is 262 g/mol. The third-order valence-electron chi connectivity index (χ3n) is 2.42. The Morgan fingerprint density at radius 3 is 2.55 bits per heavy atom. The van der Waals surface area contributed by atoms with E-state index in [0.29, 0.717) is 12.2 Å². The first-order valence-corrected chi connectivity index (χ1v) is 6.21. The Morgan fingerprint density at radius 1 is 1.20 bits per heavy atom. The van der Waals surface area contributed by atoms with Crippen LogP contribution in [0.2, 0.25) is 0 Å². The highest BCUT2D eigenvalue weighted by atomic mass is 16.5. The number of carbonyl (C=O) groups excluding carboxylic acids is 3. The first kappa shape index (κ1) is 15.7. The number of esters is 1. The minimum Gasteiger partial charge on any atom is -0.496 e. The van der Waals surface area contributed by atoms with Gasteiger partial charge in [0.05, 0.1) is 12.7 Å². The Labute approximate surface area is 117 Å². The van der Waals surface area contributed by atoms with Gasteiger partial charge in [-0.1, -0.05) is 19.1 Å². The topological polar surface area (TPSA) is 81.7 Å². The molecule has 108 valence electrons. The van der Waals surface area contributed by atoms with E-state index in [-0.39, 0.29) is 12.0 Å². The predicted octanol–water partition coefficient (Wildman–Crippen LogP) is 1.29. The van der Waals surface area contributed by atoms with Gasteiger partial charge in [0.15, 0.2) is 6.61 Å². The zero-order valence-corrected chi connectivity index (χ0v) is 11.5. The Morgan fingerprint density at radius 2 is 1.90 bits per heavy atom. The quantitative estimate of drug-likeness (QED) is 0.794. The summed E-state index contributed by atoms with van der Waals surface area (Å²) in [7, 11) is 1.43. The first-order valence-electron chi connectivity index (χ1n) is 6.21. The van der Waals surface area contributed by atoms with Gasteiger partial charge in [0.2, 0.25) is 0 Å². The normalized spacial score (nSPS) is 9.70. The van der Waals surface area contributed by atoms with Crippen molar-refractivity contribution in [2.75, 3.05) is 13.7 Å². The lowest BCUT2D eigenvalue weighted by molar-refractivity contribution is -0.148. The van der Waals surface area contributed by atoms with Crippen LogP contribution < -0.4 is 10.1 Å². The predicted molar refractivity (Wildman–Crippen MR) is 71.3 cm³/mol. The van der Waals surface area contributed by atoms with Crippen molar-refractivity contribution >= 4 is 17.8 Å². The van der Waals surface area contributed by atoms with E-state index in [1.807, 2.05) is 6.92 Å². The Kier molecular flexibility index (Phi) is 6.22. The van der Waals surface area contributed by atoms with Crippen molar-refractivity contribution in [1.82, 2.24) is 5.32 Å². The first-order chi connectivity index (χ1) is 9.58. The van der Waals surface area contributed by atoms with Crippen molar-refractivity contribution in [3.05, 3.63) is 29.8 Å². The van der Waals surface area contributed by atoms with Gasteiger partial charge in [-0.25, -0.2) is 0 Å². The standard InChI is InChI=1S/C14H17NO5/c1-3-6-13(17)20-9-12(16)15-14(18)10-7-4-5-8-11(10)19-2/h4-5,7-8H,3,6,9H2,1-2H3,(H,15,16,18). The van der Waals surface area contributed by atoms with Crippen LogP contribution in [0.3, 0.4) is 0 Å². The van der Waals surface area contributed by atoms with Gasteiger partial charge in [-0.3, -0.25) is 19.7 Å². The van der Waals surface area contributed by atoms with Crippen molar-refractivity contribution in [3.8, 4) is 5.75 Å². The fourth-order valence-electron chi connectivity index (χ4n) is 1.48. The highest BCUT2D eigenvalue weighted by Gasteiger charge is 2.15. The second-order valence-electron chi connectivity index (χ2n) is 3.99. The van der Waals surface area contributed by atoms with E-state index in [1.54, 1.807) is 18.2 Å². The molecule has 0 atom stereocenters. The largest absolute Gasteiger partial charge is 0.496 e. The highest BCUT2D eigenvalue weighted by Crippen LogP contribution is 2.16. The zero-order chi connectivity index (χ0) is 15.0. The third kappa shape index (κ3) is 4.72. The number of ether oxygens (including phenoxy) is 2. The van der Waals surface area contributed by atoms with Crippen molar-refractivity contribution in [1.29, 1.82) is 0 Å². The van der Waals surface area contributed by atoms with Crippen LogP contribution >= 0.6 is 0 Å². The van der Waals surface area contributed by atoms with Crippen LogP contribution in [-0.4, -0.2) is 31.5 Å². The van der Waals surface area contributed by atoms with E-state index in [1.165, 1.54) is 13.2 Å². The number of hydrogen-bond donors (Lipinski definition) is 1. The van der Waals surface area contributed by atoms with Gasteiger partial charge in [-0.15, -0.1) is 0 Å². The SMILES string of the molecule is CCCC(=O)OCC(=O)NC(=O)c1ccccc1OC. The summed E-state index contributed by atoms with van der Waals surface area (Å²) in [4.78, 5) is 34.4. The van der Waals surface area contributed by atoms with Gasteiger partial charge in [0, 0.05) is 6.42 Å². The fourth-order valence-corrected chi connectivity index (χ4v) is 1.48. The molecule has 0 saturated heterocycles. The van der Waals surface area contributed by atoms with Gasteiger partial charge in [-0.2, -0.15) is 0 Å². The molecule has 2 amide bonds. The second kappa shape index (κ2) is 7.93. The average molecular weight is 279 g/mol. The summed E-state index contributed by atoms with van der Waals surface area (Å²) < 4.78 is 9.72. The molecule has 0 saturated carbocycles. The molecule has 1 N–H and O–H groups in total. The minimum absolute atomic E-state index is 0.239. The second-order valence-corrected chi connectivity index (χ2v) is 3.99. The molecule has 0 radical (unpaired) electrons. The van der Waals surface area contributed by atoms with Crippen LogP contribution in [0.1, 0.15) is 30.1 Å². The molecule has 0 aromatic heterocycles. The molecule has 0 aliphatic heterocycles. The number of methoxy groups -OCH3 is 1. The molecule has 6 heteroatoms. The maximum atomic E-state index is 11.9. The monoisotopic (exact) mass is 279 g/mol. The molecule has 0 unspecified atom stereocenters. The van der Waals surface area contributed by atoms with Gasteiger partial charge in [-0.05, 0) is 18.6 Å². The molecule has 0 aliphatic rings. The molecule has 6 nitrogen and oxygen atoms in total. The van der Waals surface area contributed by atoms with Crippen LogP contribution in [0.5, 0.6) is 5.75 Å². The number of nitrogens with one attached hydrogen (secondary N) is 1. The number of carbonyl (C=O) groups is 3. The molecule has 0 aliphatic carbocycles. The van der Waals surface area contributed by atoms with E-state index in [9.17, 15) is 14.4 Å². The molecule has 1 aromatic rings. The Balaban J connectivity index is 2.53. The minimum atomic E-state index is -0.676. The van der Waals surface area contributed by atoms with Crippen molar-refractivity contribution in [2.45, 2.75) is 19.8 Å². The van der Waals surface area contributed by atoms with Crippen molar-refractivity contribution in [3.63, 3.8) is 0 Å². The summed E-state index contributed by atoms with van der Waals surface area (Å²) in [6.45, 7) is 1.35. The number of benzene rings is 1. The smallest absolute Gasteiger partial charge is 0.306 e. The van der Waals surface area contributed by atoms with Crippen LogP contribution in [0.25, 0.3) is 0 Å². The third-order valence-corrected chi connectivity index (χ3v) is 2.42. The van der Waals surface area contributed by atoms with Crippen LogP contribution in [0.4, 0.5) is 0 Å². The van der Waals surface area contributed by atoms with Gasteiger partial charge in [0.1, 0.15) is 5.75 Å². The summed E-state index contributed by atoms with van der Waals surface area (Å²) in [5, 5.41) is 2.13. The van der Waals surface area contributed by atoms with Crippen LogP contribution in [0, 0.1) is 0 Å². The number of para-hydroxylation sites is 1. The van der Waals surface area contributed by atoms with Crippen LogP contribution in [-0.2, 0) is 14.3 Å². The lowest BCUT2D eigenvalue weighted by Gasteiger charge is -2.08. The van der Waals surface area contributed by atoms with Gasteiger partial charge in [0.25, 0.3) is 11.8 Å². The Hall–Kier alpha value is -2.37. The average Bonchev–Trinajstić information content (AvgIpc) is 2.45. The van der Waals surface area contributed by atoms with Crippen molar-refractivity contribution < 1.29 is 23.9 Å². The maximum absolute atomic E-state index is 11.9. The van der Waals surface area contributed by atoms with Crippen LogP contribution in [0.15, 0.2) is 24.3 Å². The van der Waals surface area contributed by atoms with Crippen molar-refractivity contribution in [2.24, 2.45) is 0 Å². The van der Waals surface area contributed by atoms with E-state index >= 15 is 0 Å². The van der Waals surface area contributed by atoms with E-state index in [2.05, 4.69) is 5.32 Å². The van der Waals surface area contributed by atoms with Gasteiger partial charge < -0.3 is 9.47 Å². The van der Waals surface area contributed by atoms with Gasteiger partial charge >= 0.3 is 5.97 Å². The fraction of sp³-hybridized carbons (Fsp3) is 0.357. The van der Waals surface area contributed by atoms with E-state index in [4.69, 9.17) is 9.47 Å². The molecule has 0 fully saturated rings. The number of rotatable bonds is 6. The number of imide groups is 1. The number of hydrogen-bond acceptors (Lipinski definition) is 5. The summed E-state index contributed by atoms with van der Waals surface area (Å²) in [6.07, 6.45) is 0.883. The molecule has 1 rings (SSSR count). The molecule has 0 heterocycles. The van der Waals surface area contributed by atoms with E-state index in [0.717, 1.165) is 0 Å². The molecule has 0 spiro atoms. The molecule has 1 aromatic carbocycles. The molecule has 0 bridgehead atoms. The summed E-state index contributed by atoms with van der Waals surface area (Å²) in [6, 6.07) is 6.51. The molecule has 20 heavy (non-hydrogen) atoms. The Bertz CT molecular complexity index is 498. The lowest BCUT2D eigenvalue weighted by atomic mass is 10.2. The van der Waals surface area contributed by atoms with E-state index < -0.39 is 24.4 Å². The number of amides is 2.